The van der Waals surface area contributed by atoms with Crippen LogP contribution in [-0.2, 0) is 14.3 Å². The highest BCUT2D eigenvalue weighted by molar-refractivity contribution is 5.76. The number of hydrogen-bond acceptors (Lipinski definition) is 5. The maximum Gasteiger partial charge on any atom is 0.305 e. The average molecular weight is 1010 g/mol. The van der Waals surface area contributed by atoms with Crippen molar-refractivity contribution in [3.05, 3.63) is 36.5 Å². The molecule has 2 atom stereocenters. The Morgan fingerprint density at radius 2 is 0.694 bits per heavy atom. The van der Waals surface area contributed by atoms with Gasteiger partial charge in [0.15, 0.2) is 0 Å². The van der Waals surface area contributed by atoms with Crippen LogP contribution in [0.15, 0.2) is 36.5 Å². The standard InChI is InChI=1S/C66H125NO5/c1-3-5-7-9-11-13-15-17-19-30-34-38-42-46-50-54-58-64(69)63(62-68)67-65(70)59-55-51-47-43-39-35-31-28-26-24-22-21-23-25-27-29-33-37-41-45-49-53-57-61-72-66(71)60-56-52-48-44-40-36-32-20-18-16-14-12-10-8-6-4-2/h20-21,23-24,26,32,63-64,68-69H,3-19,22,25,27-31,33-62H2,1-2H3,(H,67,70)/b23-21-,26-24-,32-20-. The Morgan fingerprint density at radius 1 is 0.389 bits per heavy atom. The zero-order valence-electron chi connectivity index (χ0n) is 48.4. The van der Waals surface area contributed by atoms with Gasteiger partial charge in [-0.1, -0.05) is 288 Å². The number of unbranched alkanes of at least 4 members (excludes halogenated alkanes) is 43. The summed E-state index contributed by atoms with van der Waals surface area (Å²) in [6.07, 6.45) is 77.3. The number of rotatable bonds is 60. The number of aliphatic hydroxyl groups is 2. The lowest BCUT2D eigenvalue weighted by Crippen LogP contribution is -2.45. The summed E-state index contributed by atoms with van der Waals surface area (Å²) in [6.45, 7) is 4.96. The summed E-state index contributed by atoms with van der Waals surface area (Å²) in [6, 6.07) is -0.550. The molecular weight excluding hydrogens is 887 g/mol. The van der Waals surface area contributed by atoms with Crippen molar-refractivity contribution in [3.8, 4) is 0 Å². The summed E-state index contributed by atoms with van der Waals surface area (Å²) in [5.74, 6) is -0.0438. The zero-order valence-corrected chi connectivity index (χ0v) is 48.4. The van der Waals surface area contributed by atoms with E-state index in [4.69, 9.17) is 4.74 Å². The number of allylic oxidation sites excluding steroid dienone is 6. The van der Waals surface area contributed by atoms with Crippen molar-refractivity contribution < 1.29 is 24.5 Å². The summed E-state index contributed by atoms with van der Waals surface area (Å²) in [7, 11) is 0. The third-order valence-electron chi connectivity index (χ3n) is 14.9. The number of esters is 1. The molecule has 0 aliphatic rings. The predicted octanol–water partition coefficient (Wildman–Crippen LogP) is 20.4. The Kier molecular flexibility index (Phi) is 60.0. The molecule has 0 rings (SSSR count). The Balaban J connectivity index is 3.44. The zero-order chi connectivity index (χ0) is 52.2. The number of hydrogen-bond donors (Lipinski definition) is 3. The minimum atomic E-state index is -0.671. The van der Waals surface area contributed by atoms with Gasteiger partial charge in [0.05, 0.1) is 25.4 Å². The second-order valence-electron chi connectivity index (χ2n) is 22.1. The molecule has 0 aromatic rings. The average Bonchev–Trinajstić information content (AvgIpc) is 3.38. The van der Waals surface area contributed by atoms with Gasteiger partial charge in [0.2, 0.25) is 5.91 Å². The van der Waals surface area contributed by atoms with Crippen molar-refractivity contribution >= 4 is 11.9 Å². The van der Waals surface area contributed by atoms with Gasteiger partial charge in [-0.2, -0.15) is 0 Å². The van der Waals surface area contributed by atoms with E-state index in [1.165, 1.54) is 257 Å². The van der Waals surface area contributed by atoms with Crippen LogP contribution < -0.4 is 5.32 Å². The lowest BCUT2D eigenvalue weighted by molar-refractivity contribution is -0.143. The second-order valence-corrected chi connectivity index (χ2v) is 22.1. The highest BCUT2D eigenvalue weighted by Gasteiger charge is 2.20. The van der Waals surface area contributed by atoms with E-state index >= 15 is 0 Å². The van der Waals surface area contributed by atoms with Crippen LogP contribution in [0.3, 0.4) is 0 Å². The number of carbonyl (C=O) groups is 2. The summed E-state index contributed by atoms with van der Waals surface area (Å²) in [5, 5.41) is 23.3. The fourth-order valence-electron chi connectivity index (χ4n) is 9.96. The van der Waals surface area contributed by atoms with Crippen LogP contribution in [0.1, 0.15) is 348 Å². The summed E-state index contributed by atoms with van der Waals surface area (Å²) in [4.78, 5) is 24.6. The lowest BCUT2D eigenvalue weighted by Gasteiger charge is -2.22. The van der Waals surface area contributed by atoms with Crippen molar-refractivity contribution in [3.63, 3.8) is 0 Å². The highest BCUT2D eigenvalue weighted by atomic mass is 16.5. The van der Waals surface area contributed by atoms with Crippen LogP contribution in [0.4, 0.5) is 0 Å². The van der Waals surface area contributed by atoms with E-state index in [1.54, 1.807) is 0 Å². The maximum atomic E-state index is 12.5. The van der Waals surface area contributed by atoms with Gasteiger partial charge in [-0.3, -0.25) is 9.59 Å². The lowest BCUT2D eigenvalue weighted by atomic mass is 10.0. The fraction of sp³-hybridized carbons (Fsp3) is 0.879. The first-order valence-corrected chi connectivity index (χ1v) is 32.2. The molecule has 0 aliphatic heterocycles. The van der Waals surface area contributed by atoms with Crippen molar-refractivity contribution in [2.75, 3.05) is 13.2 Å². The smallest absolute Gasteiger partial charge is 0.305 e. The van der Waals surface area contributed by atoms with Crippen molar-refractivity contribution in [2.45, 2.75) is 360 Å². The summed E-state index contributed by atoms with van der Waals surface area (Å²) in [5.41, 5.74) is 0. The molecule has 2 unspecified atom stereocenters. The molecule has 1 amide bonds. The first-order valence-electron chi connectivity index (χ1n) is 32.2. The molecule has 0 saturated heterocycles. The molecule has 0 aliphatic carbocycles. The van der Waals surface area contributed by atoms with Gasteiger partial charge in [-0.15, -0.1) is 0 Å². The Hall–Kier alpha value is -1.92. The molecule has 0 radical (unpaired) electrons. The Morgan fingerprint density at radius 3 is 1.07 bits per heavy atom. The van der Waals surface area contributed by atoms with Crippen molar-refractivity contribution in [2.24, 2.45) is 0 Å². The van der Waals surface area contributed by atoms with E-state index in [0.717, 1.165) is 57.8 Å². The molecule has 3 N–H and O–H groups in total. The third kappa shape index (κ3) is 57.4. The Labute approximate surface area is 449 Å². The van der Waals surface area contributed by atoms with Gasteiger partial charge in [-0.25, -0.2) is 0 Å². The molecular formula is C66H125NO5. The van der Waals surface area contributed by atoms with Crippen LogP contribution in [-0.4, -0.2) is 47.4 Å². The van der Waals surface area contributed by atoms with Crippen LogP contribution in [0, 0.1) is 0 Å². The van der Waals surface area contributed by atoms with Gasteiger partial charge >= 0.3 is 5.97 Å². The molecule has 0 spiro atoms. The monoisotopic (exact) mass is 1010 g/mol. The normalized spacial score (nSPS) is 12.8. The second kappa shape index (κ2) is 61.6. The van der Waals surface area contributed by atoms with Crippen LogP contribution in [0.5, 0.6) is 0 Å². The molecule has 0 bridgehead atoms. The molecule has 0 fully saturated rings. The van der Waals surface area contributed by atoms with E-state index in [-0.39, 0.29) is 18.5 Å². The molecule has 6 heteroatoms. The van der Waals surface area contributed by atoms with Gasteiger partial charge in [0, 0.05) is 12.8 Å². The van der Waals surface area contributed by atoms with Crippen LogP contribution in [0.25, 0.3) is 0 Å². The molecule has 0 heterocycles. The SMILES string of the molecule is CCCCCCCCC/C=C\CCCCCCCC(=O)OCCCCCCCCCCC/C=C\C/C=C\CCCCCCCCCC(=O)NC(CO)C(O)CCCCCCCCCCCCCCCCCC. The van der Waals surface area contributed by atoms with E-state index in [1.807, 2.05) is 0 Å². The number of amides is 1. The number of carbonyl (C=O) groups excluding carboxylic acids is 2. The highest BCUT2D eigenvalue weighted by Crippen LogP contribution is 2.17. The largest absolute Gasteiger partial charge is 0.466 e. The molecule has 6 nitrogen and oxygen atoms in total. The maximum absolute atomic E-state index is 12.5. The molecule has 0 saturated carbocycles. The topological polar surface area (TPSA) is 95.9 Å². The van der Waals surface area contributed by atoms with Gasteiger partial charge in [0.1, 0.15) is 0 Å². The molecule has 72 heavy (non-hydrogen) atoms. The van der Waals surface area contributed by atoms with Gasteiger partial charge in [0.25, 0.3) is 0 Å². The van der Waals surface area contributed by atoms with Crippen molar-refractivity contribution in [1.82, 2.24) is 5.32 Å². The van der Waals surface area contributed by atoms with E-state index in [9.17, 15) is 19.8 Å². The molecule has 0 aromatic carbocycles. The van der Waals surface area contributed by atoms with E-state index < -0.39 is 12.1 Å². The predicted molar refractivity (Wildman–Crippen MR) is 315 cm³/mol. The number of aliphatic hydroxyl groups excluding tert-OH is 2. The minimum Gasteiger partial charge on any atom is -0.466 e. The number of ether oxygens (including phenoxy) is 1. The van der Waals surface area contributed by atoms with E-state index in [2.05, 4.69) is 55.6 Å². The first kappa shape index (κ1) is 70.1. The quantitative estimate of drug-likeness (QED) is 0.0320. The fourth-order valence-corrected chi connectivity index (χ4v) is 9.96. The minimum absolute atomic E-state index is 0.0000882. The first-order chi connectivity index (χ1) is 35.5. The van der Waals surface area contributed by atoms with Crippen molar-refractivity contribution in [1.29, 1.82) is 0 Å². The number of nitrogens with one attached hydrogen (secondary N) is 1. The third-order valence-corrected chi connectivity index (χ3v) is 14.9. The Bertz CT molecular complexity index is 1170. The molecule has 424 valence electrons. The summed E-state index contributed by atoms with van der Waals surface area (Å²) >= 11 is 0. The summed E-state index contributed by atoms with van der Waals surface area (Å²) < 4.78 is 5.48. The van der Waals surface area contributed by atoms with Crippen LogP contribution in [0.2, 0.25) is 0 Å². The van der Waals surface area contributed by atoms with E-state index in [0.29, 0.717) is 25.9 Å². The molecule has 0 aromatic heterocycles. The van der Waals surface area contributed by atoms with Crippen LogP contribution >= 0.6 is 0 Å². The van der Waals surface area contributed by atoms with Gasteiger partial charge < -0.3 is 20.3 Å². The van der Waals surface area contributed by atoms with Gasteiger partial charge in [-0.05, 0) is 83.5 Å².